The van der Waals surface area contributed by atoms with Crippen molar-refractivity contribution in [3.63, 3.8) is 0 Å². The lowest BCUT2D eigenvalue weighted by molar-refractivity contribution is -0.139. The minimum absolute atomic E-state index is 0.0627. The molecule has 4 rings (SSSR count). The van der Waals surface area contributed by atoms with Gasteiger partial charge in [0.05, 0.1) is 46.7 Å². The zero-order chi connectivity index (χ0) is 27.6. The van der Waals surface area contributed by atoms with Gasteiger partial charge in [-0.25, -0.2) is 9.79 Å². The van der Waals surface area contributed by atoms with Crippen LogP contribution in [0.3, 0.4) is 0 Å². The van der Waals surface area contributed by atoms with E-state index in [0.717, 1.165) is 11.3 Å². The summed E-state index contributed by atoms with van der Waals surface area (Å²) < 4.78 is 18.6. The van der Waals surface area contributed by atoms with Crippen LogP contribution in [0, 0.1) is 0 Å². The summed E-state index contributed by atoms with van der Waals surface area (Å²) in [7, 11) is 0. The molecule has 3 aromatic rings. The van der Waals surface area contributed by atoms with Gasteiger partial charge in [-0.3, -0.25) is 9.36 Å². The third-order valence-corrected chi connectivity index (χ3v) is 7.23. The van der Waals surface area contributed by atoms with Gasteiger partial charge in [0, 0.05) is 10.6 Å². The van der Waals surface area contributed by atoms with Crippen molar-refractivity contribution < 1.29 is 24.1 Å². The van der Waals surface area contributed by atoms with E-state index < -0.39 is 17.6 Å². The van der Waals surface area contributed by atoms with Crippen molar-refractivity contribution >= 4 is 46.6 Å². The van der Waals surface area contributed by atoms with E-state index in [9.17, 15) is 14.7 Å². The lowest BCUT2D eigenvalue weighted by atomic mass is 9.95. The molecule has 1 N–H and O–H groups in total. The fourth-order valence-electron chi connectivity index (χ4n) is 4.18. The molecule has 0 aliphatic carbocycles. The SMILES string of the molecule is CCOC(=O)C1=C(C)N=c2s/c(=C\c3cc(Cl)cc(Cl)c3O)c(=O)n2C1c1ccc(OCC)c(OCC)c1. The van der Waals surface area contributed by atoms with Crippen molar-refractivity contribution in [3.05, 3.63) is 82.5 Å². The Kier molecular flexibility index (Phi) is 8.50. The number of benzene rings is 2. The Bertz CT molecular complexity index is 1610. The molecule has 1 atom stereocenters. The second-order valence-corrected chi connectivity index (χ2v) is 10.1. The van der Waals surface area contributed by atoms with Crippen molar-refractivity contribution in [2.45, 2.75) is 33.7 Å². The predicted molar refractivity (Wildman–Crippen MR) is 147 cm³/mol. The molecular weight excluding hydrogens is 551 g/mol. The molecule has 1 aromatic heterocycles. The maximum Gasteiger partial charge on any atom is 0.338 e. The normalized spacial score (nSPS) is 15.2. The van der Waals surface area contributed by atoms with Crippen LogP contribution in [0.25, 0.3) is 6.08 Å². The summed E-state index contributed by atoms with van der Waals surface area (Å²) in [5, 5.41) is 10.8. The number of phenols is 1. The second-order valence-electron chi connectivity index (χ2n) is 8.20. The Morgan fingerprint density at radius 2 is 1.82 bits per heavy atom. The first-order chi connectivity index (χ1) is 18.2. The number of esters is 1. The molecule has 38 heavy (non-hydrogen) atoms. The molecule has 11 heteroatoms. The zero-order valence-electron chi connectivity index (χ0n) is 21.2. The van der Waals surface area contributed by atoms with Crippen LogP contribution in [0.1, 0.15) is 44.9 Å². The molecule has 0 saturated heterocycles. The smallest absolute Gasteiger partial charge is 0.338 e. The Hall–Kier alpha value is -3.27. The largest absolute Gasteiger partial charge is 0.506 e. The van der Waals surface area contributed by atoms with Crippen LogP contribution in [0.15, 0.2) is 51.4 Å². The van der Waals surface area contributed by atoms with Gasteiger partial charge in [-0.05, 0) is 63.6 Å². The van der Waals surface area contributed by atoms with E-state index in [0.29, 0.717) is 45.8 Å². The van der Waals surface area contributed by atoms with Crippen LogP contribution in [-0.4, -0.2) is 35.5 Å². The fraction of sp³-hybridized carbons (Fsp3) is 0.296. The third-order valence-electron chi connectivity index (χ3n) is 5.74. The van der Waals surface area contributed by atoms with Crippen LogP contribution in [-0.2, 0) is 9.53 Å². The van der Waals surface area contributed by atoms with Gasteiger partial charge in [-0.1, -0.05) is 40.6 Å². The summed E-state index contributed by atoms with van der Waals surface area (Å²) in [4.78, 5) is 31.9. The maximum absolute atomic E-state index is 13.8. The Morgan fingerprint density at radius 1 is 1.11 bits per heavy atom. The molecule has 0 fully saturated rings. The minimum atomic E-state index is -0.834. The highest BCUT2D eigenvalue weighted by molar-refractivity contribution is 7.07. The van der Waals surface area contributed by atoms with E-state index >= 15 is 0 Å². The van der Waals surface area contributed by atoms with Crippen LogP contribution in [0.2, 0.25) is 10.0 Å². The molecule has 8 nitrogen and oxygen atoms in total. The quantitative estimate of drug-likeness (QED) is 0.393. The molecule has 0 amide bonds. The summed E-state index contributed by atoms with van der Waals surface area (Å²) in [6, 6.07) is 7.39. The molecule has 0 spiro atoms. The molecule has 1 unspecified atom stereocenters. The molecule has 0 bridgehead atoms. The van der Waals surface area contributed by atoms with Gasteiger partial charge in [0.15, 0.2) is 16.3 Å². The van der Waals surface area contributed by atoms with Crippen LogP contribution in [0.4, 0.5) is 0 Å². The van der Waals surface area contributed by atoms with Crippen LogP contribution >= 0.6 is 34.5 Å². The van der Waals surface area contributed by atoms with Gasteiger partial charge in [0.2, 0.25) is 0 Å². The zero-order valence-corrected chi connectivity index (χ0v) is 23.5. The van der Waals surface area contributed by atoms with E-state index in [1.54, 1.807) is 32.0 Å². The minimum Gasteiger partial charge on any atom is -0.506 e. The number of aromatic nitrogens is 1. The topological polar surface area (TPSA) is 99.4 Å². The first-order valence-electron chi connectivity index (χ1n) is 12.0. The van der Waals surface area contributed by atoms with Gasteiger partial charge in [-0.2, -0.15) is 0 Å². The monoisotopic (exact) mass is 576 g/mol. The van der Waals surface area contributed by atoms with Gasteiger partial charge in [-0.15, -0.1) is 0 Å². The van der Waals surface area contributed by atoms with E-state index in [4.69, 9.17) is 37.4 Å². The number of hydrogen-bond acceptors (Lipinski definition) is 8. The summed E-state index contributed by atoms with van der Waals surface area (Å²) in [6.07, 6.45) is 1.50. The number of carbonyl (C=O) groups excluding carboxylic acids is 1. The van der Waals surface area contributed by atoms with Crippen molar-refractivity contribution in [1.29, 1.82) is 0 Å². The Balaban J connectivity index is 1.98. The molecule has 2 heterocycles. The highest BCUT2D eigenvalue weighted by atomic mass is 35.5. The Labute approximate surface area is 233 Å². The van der Waals surface area contributed by atoms with E-state index in [1.165, 1.54) is 22.8 Å². The van der Waals surface area contributed by atoms with E-state index in [1.807, 2.05) is 13.8 Å². The van der Waals surface area contributed by atoms with E-state index in [2.05, 4.69) is 4.99 Å². The predicted octanol–water partition coefficient (Wildman–Crippen LogP) is 4.61. The summed E-state index contributed by atoms with van der Waals surface area (Å²) >= 11 is 13.3. The number of phenolic OH excluding ortho intramolecular Hbond substituents is 1. The first kappa shape index (κ1) is 27.8. The number of carbonyl (C=O) groups is 1. The van der Waals surface area contributed by atoms with Crippen molar-refractivity contribution in [2.75, 3.05) is 19.8 Å². The van der Waals surface area contributed by atoms with Crippen LogP contribution in [0.5, 0.6) is 17.2 Å². The summed E-state index contributed by atoms with van der Waals surface area (Å²) in [6.45, 7) is 8.16. The number of rotatable bonds is 8. The number of hydrogen-bond donors (Lipinski definition) is 1. The molecule has 2 aromatic carbocycles. The number of aromatic hydroxyl groups is 1. The number of fused-ring (bicyclic) bond motifs is 1. The lowest BCUT2D eigenvalue weighted by Crippen LogP contribution is -2.40. The molecule has 200 valence electrons. The van der Waals surface area contributed by atoms with Crippen molar-refractivity contribution in [1.82, 2.24) is 4.57 Å². The van der Waals surface area contributed by atoms with Gasteiger partial charge in [0.25, 0.3) is 5.56 Å². The van der Waals surface area contributed by atoms with Gasteiger partial charge < -0.3 is 19.3 Å². The molecule has 1 aliphatic rings. The number of nitrogens with zero attached hydrogens (tertiary/aromatic N) is 2. The molecule has 0 radical (unpaired) electrons. The number of halogens is 2. The number of allylic oxidation sites excluding steroid dienone is 1. The summed E-state index contributed by atoms with van der Waals surface area (Å²) in [5.74, 6) is 0.274. The average Bonchev–Trinajstić information content (AvgIpc) is 3.17. The maximum atomic E-state index is 13.8. The molecular formula is C27H26Cl2N2O6S. The fourth-order valence-corrected chi connectivity index (χ4v) is 5.73. The Morgan fingerprint density at radius 3 is 2.50 bits per heavy atom. The highest BCUT2D eigenvalue weighted by Gasteiger charge is 2.34. The number of ether oxygens (including phenoxy) is 3. The number of thiazole rings is 1. The molecule has 0 saturated carbocycles. The van der Waals surface area contributed by atoms with Crippen LogP contribution < -0.4 is 24.4 Å². The second kappa shape index (κ2) is 11.6. The highest BCUT2D eigenvalue weighted by Crippen LogP contribution is 2.36. The summed E-state index contributed by atoms with van der Waals surface area (Å²) in [5.41, 5.74) is 1.17. The van der Waals surface area contributed by atoms with E-state index in [-0.39, 0.29) is 33.0 Å². The lowest BCUT2D eigenvalue weighted by Gasteiger charge is -2.25. The van der Waals surface area contributed by atoms with Gasteiger partial charge >= 0.3 is 5.97 Å². The van der Waals surface area contributed by atoms with Gasteiger partial charge in [0.1, 0.15) is 5.75 Å². The van der Waals surface area contributed by atoms with Crippen molar-refractivity contribution in [3.8, 4) is 17.2 Å². The average molecular weight is 577 g/mol. The molecule has 1 aliphatic heterocycles. The first-order valence-corrected chi connectivity index (χ1v) is 13.5. The van der Waals surface area contributed by atoms with Crippen molar-refractivity contribution in [2.24, 2.45) is 4.99 Å². The standard InChI is InChI=1S/C27H26Cl2N2O6S/c1-5-35-19-9-8-15(11-20(19)36-6-2)23-22(26(34)37-7-3)14(4)30-27-31(23)25(33)21(38-27)12-16-10-17(28)13-18(29)24(16)32/h8-13,23,32H,5-7H2,1-4H3/b21-12-. The third kappa shape index (κ3) is 5.32.